The number of carbonyl (C=O) groups is 3. The number of fused-ring (bicyclic) bond motifs is 1. The van der Waals surface area contributed by atoms with Gasteiger partial charge < -0.3 is 5.32 Å². The standard InChI is InChI=1S/C17H20N4O3/c22-15(18-14-9-13(19-20-14)10-5-6-10)7-8-21-16(23)11-3-1-2-4-12(11)17(21)24/h1-4,10,13-14,19-20H,5-9H2,(H,18,22). The van der Waals surface area contributed by atoms with Crippen LogP contribution in [0.2, 0.25) is 0 Å². The Hall–Kier alpha value is -2.25. The summed E-state index contributed by atoms with van der Waals surface area (Å²) >= 11 is 0. The van der Waals surface area contributed by atoms with Crippen molar-refractivity contribution in [1.29, 1.82) is 0 Å². The molecule has 0 radical (unpaired) electrons. The van der Waals surface area contributed by atoms with Gasteiger partial charge in [0.05, 0.1) is 17.3 Å². The van der Waals surface area contributed by atoms with Gasteiger partial charge in [0.15, 0.2) is 0 Å². The molecule has 3 amide bonds. The van der Waals surface area contributed by atoms with Crippen LogP contribution in [-0.2, 0) is 4.79 Å². The van der Waals surface area contributed by atoms with Gasteiger partial charge in [-0.1, -0.05) is 12.1 Å². The second-order valence-electron chi connectivity index (χ2n) is 6.65. The van der Waals surface area contributed by atoms with E-state index in [1.807, 2.05) is 0 Å². The van der Waals surface area contributed by atoms with Crippen LogP contribution in [0.15, 0.2) is 24.3 Å². The van der Waals surface area contributed by atoms with E-state index in [0.29, 0.717) is 17.2 Å². The first-order valence-electron chi connectivity index (χ1n) is 8.39. The van der Waals surface area contributed by atoms with E-state index in [2.05, 4.69) is 16.2 Å². The van der Waals surface area contributed by atoms with E-state index < -0.39 is 0 Å². The van der Waals surface area contributed by atoms with Crippen molar-refractivity contribution in [3.8, 4) is 0 Å². The zero-order valence-corrected chi connectivity index (χ0v) is 13.2. The lowest BCUT2D eigenvalue weighted by Gasteiger charge is -2.15. The van der Waals surface area contributed by atoms with Crippen LogP contribution >= 0.6 is 0 Å². The van der Waals surface area contributed by atoms with Gasteiger partial charge in [-0.05, 0) is 37.3 Å². The monoisotopic (exact) mass is 328 g/mol. The van der Waals surface area contributed by atoms with Crippen LogP contribution < -0.4 is 16.2 Å². The highest BCUT2D eigenvalue weighted by Crippen LogP contribution is 2.35. The van der Waals surface area contributed by atoms with Gasteiger partial charge in [0, 0.05) is 19.0 Å². The molecule has 0 aromatic heterocycles. The summed E-state index contributed by atoms with van der Waals surface area (Å²) in [5.74, 6) is -0.0873. The number of nitrogens with zero attached hydrogens (tertiary/aromatic N) is 1. The molecule has 2 atom stereocenters. The normalized spacial score (nSPS) is 25.9. The molecule has 3 N–H and O–H groups in total. The number of hydrazine groups is 1. The molecule has 1 aliphatic carbocycles. The van der Waals surface area contributed by atoms with Crippen molar-refractivity contribution in [3.63, 3.8) is 0 Å². The Balaban J connectivity index is 1.29. The minimum absolute atomic E-state index is 0.0923. The maximum Gasteiger partial charge on any atom is 0.261 e. The number of carbonyl (C=O) groups excluding carboxylic acids is 3. The van der Waals surface area contributed by atoms with E-state index in [9.17, 15) is 14.4 Å². The van der Waals surface area contributed by atoms with E-state index in [-0.39, 0.29) is 36.9 Å². The van der Waals surface area contributed by atoms with Crippen molar-refractivity contribution in [1.82, 2.24) is 21.1 Å². The van der Waals surface area contributed by atoms with Gasteiger partial charge in [-0.2, -0.15) is 0 Å². The lowest BCUT2D eigenvalue weighted by molar-refractivity contribution is -0.122. The third-order valence-electron chi connectivity index (χ3n) is 4.90. The molecule has 4 rings (SSSR count). The number of imide groups is 1. The highest BCUT2D eigenvalue weighted by Gasteiger charge is 2.37. The fourth-order valence-electron chi connectivity index (χ4n) is 3.41. The van der Waals surface area contributed by atoms with Crippen LogP contribution in [0.1, 0.15) is 46.4 Å². The number of benzene rings is 1. The zero-order chi connectivity index (χ0) is 16.7. The van der Waals surface area contributed by atoms with Crippen LogP contribution in [0.3, 0.4) is 0 Å². The number of amides is 3. The summed E-state index contributed by atoms with van der Waals surface area (Å²) in [7, 11) is 0. The Morgan fingerprint density at radius 1 is 1.12 bits per heavy atom. The zero-order valence-electron chi connectivity index (χ0n) is 13.2. The van der Waals surface area contributed by atoms with Gasteiger partial charge in [-0.15, -0.1) is 0 Å². The van der Waals surface area contributed by atoms with Gasteiger partial charge in [-0.3, -0.25) is 24.7 Å². The Morgan fingerprint density at radius 3 is 2.42 bits per heavy atom. The largest absolute Gasteiger partial charge is 0.339 e. The lowest BCUT2D eigenvalue weighted by Crippen LogP contribution is -2.45. The van der Waals surface area contributed by atoms with E-state index >= 15 is 0 Å². The summed E-state index contributed by atoms with van der Waals surface area (Å²) in [6, 6.07) is 7.17. The van der Waals surface area contributed by atoms with Crippen LogP contribution in [0.5, 0.6) is 0 Å². The number of rotatable bonds is 5. The molecule has 2 aliphatic heterocycles. The highest BCUT2D eigenvalue weighted by molar-refractivity contribution is 6.21. The average molecular weight is 328 g/mol. The van der Waals surface area contributed by atoms with Gasteiger partial charge in [-0.25, -0.2) is 5.43 Å². The Labute approximate surface area is 139 Å². The second kappa shape index (κ2) is 5.99. The molecule has 126 valence electrons. The van der Waals surface area contributed by atoms with E-state index in [0.717, 1.165) is 17.2 Å². The van der Waals surface area contributed by atoms with Crippen molar-refractivity contribution >= 4 is 17.7 Å². The summed E-state index contributed by atoms with van der Waals surface area (Å²) in [5.41, 5.74) is 7.13. The number of hydrogen-bond acceptors (Lipinski definition) is 5. The Bertz CT molecular complexity index is 666. The SMILES string of the molecule is O=C(CCN1C(=O)c2ccccc2C1=O)NC1CC(C2CC2)NN1. The van der Waals surface area contributed by atoms with Crippen LogP contribution in [0.25, 0.3) is 0 Å². The van der Waals surface area contributed by atoms with Crippen molar-refractivity contribution in [3.05, 3.63) is 35.4 Å². The molecular formula is C17H20N4O3. The van der Waals surface area contributed by atoms with Crippen molar-refractivity contribution < 1.29 is 14.4 Å². The Morgan fingerprint density at radius 2 is 1.79 bits per heavy atom. The molecule has 0 bridgehead atoms. The Kier molecular flexibility index (Phi) is 3.82. The molecule has 7 heteroatoms. The van der Waals surface area contributed by atoms with Gasteiger partial charge in [0.2, 0.25) is 5.91 Å². The first-order chi connectivity index (χ1) is 11.6. The summed E-state index contributed by atoms with van der Waals surface area (Å²) < 4.78 is 0. The van der Waals surface area contributed by atoms with Crippen molar-refractivity contribution in [2.24, 2.45) is 5.92 Å². The number of nitrogens with one attached hydrogen (secondary N) is 3. The first kappa shape index (κ1) is 15.3. The van der Waals surface area contributed by atoms with E-state index in [1.165, 1.54) is 12.8 Å². The predicted molar refractivity (Wildman–Crippen MR) is 85.8 cm³/mol. The molecular weight excluding hydrogens is 308 g/mol. The fourth-order valence-corrected chi connectivity index (χ4v) is 3.41. The minimum Gasteiger partial charge on any atom is -0.339 e. The molecule has 2 heterocycles. The predicted octanol–water partition coefficient (Wildman–Crippen LogP) is 0.392. The average Bonchev–Trinajstić information content (AvgIpc) is 3.29. The summed E-state index contributed by atoms with van der Waals surface area (Å²) in [5, 5.41) is 2.90. The molecule has 2 unspecified atom stereocenters. The molecule has 7 nitrogen and oxygen atoms in total. The second-order valence-corrected chi connectivity index (χ2v) is 6.65. The third-order valence-corrected chi connectivity index (χ3v) is 4.90. The maximum atomic E-state index is 12.2. The third kappa shape index (κ3) is 2.81. The fraction of sp³-hybridized carbons (Fsp3) is 0.471. The number of hydrogen-bond donors (Lipinski definition) is 3. The van der Waals surface area contributed by atoms with E-state index in [1.54, 1.807) is 24.3 Å². The molecule has 2 fully saturated rings. The van der Waals surface area contributed by atoms with Gasteiger partial charge >= 0.3 is 0 Å². The summed E-state index contributed by atoms with van der Waals surface area (Å²) in [4.78, 5) is 37.7. The first-order valence-corrected chi connectivity index (χ1v) is 8.39. The summed E-state index contributed by atoms with van der Waals surface area (Å²) in [6.45, 7) is 0.102. The topological polar surface area (TPSA) is 90.5 Å². The van der Waals surface area contributed by atoms with Crippen LogP contribution in [-0.4, -0.2) is 41.4 Å². The highest BCUT2D eigenvalue weighted by atomic mass is 16.2. The minimum atomic E-state index is -0.321. The molecule has 1 aromatic carbocycles. The van der Waals surface area contributed by atoms with Gasteiger partial charge in [0.1, 0.15) is 0 Å². The molecule has 24 heavy (non-hydrogen) atoms. The van der Waals surface area contributed by atoms with Gasteiger partial charge in [0.25, 0.3) is 11.8 Å². The van der Waals surface area contributed by atoms with Crippen LogP contribution in [0, 0.1) is 5.92 Å². The molecule has 0 spiro atoms. The molecule has 1 saturated heterocycles. The summed E-state index contributed by atoms with van der Waals surface area (Å²) in [6.07, 6.45) is 3.38. The molecule has 1 saturated carbocycles. The molecule has 1 aromatic rings. The quantitative estimate of drug-likeness (QED) is 0.680. The maximum absolute atomic E-state index is 12.2. The molecule has 3 aliphatic rings. The smallest absolute Gasteiger partial charge is 0.261 e. The van der Waals surface area contributed by atoms with Crippen LogP contribution in [0.4, 0.5) is 0 Å². The van der Waals surface area contributed by atoms with Crippen molar-refractivity contribution in [2.75, 3.05) is 6.54 Å². The van der Waals surface area contributed by atoms with Crippen molar-refractivity contribution in [2.45, 2.75) is 37.9 Å². The van der Waals surface area contributed by atoms with E-state index in [4.69, 9.17) is 0 Å². The lowest BCUT2D eigenvalue weighted by atomic mass is 10.1.